The zero-order valence-electron chi connectivity index (χ0n) is 14.5. The van der Waals surface area contributed by atoms with Crippen LogP contribution in [0.15, 0.2) is 64.5 Å². The van der Waals surface area contributed by atoms with Crippen molar-refractivity contribution in [3.63, 3.8) is 0 Å². The van der Waals surface area contributed by atoms with E-state index in [-0.39, 0.29) is 0 Å². The van der Waals surface area contributed by atoms with E-state index in [1.54, 1.807) is 6.07 Å². The number of benzene rings is 2. The van der Waals surface area contributed by atoms with Gasteiger partial charge in [-0.15, -0.1) is 0 Å². The highest BCUT2D eigenvalue weighted by atomic mass is 16.6. The highest BCUT2D eigenvalue weighted by molar-refractivity contribution is 6.12. The van der Waals surface area contributed by atoms with Crippen molar-refractivity contribution >= 4 is 5.71 Å². The maximum absolute atomic E-state index is 6.02. The third kappa shape index (κ3) is 3.88. The second-order valence-electron chi connectivity index (χ2n) is 5.72. The first-order valence-electron chi connectivity index (χ1n) is 7.99. The third-order valence-electron chi connectivity index (χ3n) is 3.85. The van der Waals surface area contributed by atoms with Gasteiger partial charge in [0.25, 0.3) is 0 Å². The van der Waals surface area contributed by atoms with Crippen LogP contribution in [0.3, 0.4) is 0 Å². The molecule has 25 heavy (non-hydrogen) atoms. The molecular formula is C20H20N2O3. The van der Waals surface area contributed by atoms with Crippen LogP contribution in [-0.4, -0.2) is 18.0 Å². The van der Waals surface area contributed by atoms with Crippen molar-refractivity contribution in [2.24, 2.45) is 5.16 Å². The number of rotatable bonds is 6. The minimum atomic E-state index is 0.417. The molecule has 0 atom stereocenters. The maximum atomic E-state index is 6.02. The molecule has 0 bridgehead atoms. The number of oxime groups is 1. The third-order valence-corrected chi connectivity index (χ3v) is 3.85. The molecule has 0 aliphatic rings. The van der Waals surface area contributed by atoms with Gasteiger partial charge in [0.1, 0.15) is 37.1 Å². The lowest BCUT2D eigenvalue weighted by atomic mass is 10.0. The van der Waals surface area contributed by atoms with Crippen molar-refractivity contribution in [1.82, 2.24) is 5.16 Å². The van der Waals surface area contributed by atoms with Gasteiger partial charge in [0, 0.05) is 11.6 Å². The summed E-state index contributed by atoms with van der Waals surface area (Å²) in [5, 5.41) is 8.09. The monoisotopic (exact) mass is 336 g/mol. The van der Waals surface area contributed by atoms with Crippen molar-refractivity contribution < 1.29 is 14.1 Å². The molecule has 0 spiro atoms. The van der Waals surface area contributed by atoms with E-state index < -0.39 is 0 Å². The zero-order chi connectivity index (χ0) is 17.6. The predicted molar refractivity (Wildman–Crippen MR) is 95.8 cm³/mol. The lowest BCUT2D eigenvalue weighted by molar-refractivity contribution is 0.213. The highest BCUT2D eigenvalue weighted by Crippen LogP contribution is 2.22. The molecule has 128 valence electrons. The lowest BCUT2D eigenvalue weighted by Gasteiger charge is -2.13. The summed E-state index contributed by atoms with van der Waals surface area (Å²) in [6.07, 6.45) is 1.51. The Bertz CT molecular complexity index is 870. The fourth-order valence-corrected chi connectivity index (χ4v) is 2.65. The Hall–Kier alpha value is -3.08. The van der Waals surface area contributed by atoms with Crippen molar-refractivity contribution in [2.45, 2.75) is 20.5 Å². The Morgan fingerprint density at radius 1 is 1.12 bits per heavy atom. The highest BCUT2D eigenvalue weighted by Gasteiger charge is 2.15. The van der Waals surface area contributed by atoms with Gasteiger partial charge in [0.05, 0.1) is 0 Å². The number of nitrogens with zero attached hydrogens (tertiary/aromatic N) is 2. The Morgan fingerprint density at radius 2 is 1.96 bits per heavy atom. The topological polar surface area (TPSA) is 56.9 Å². The fourth-order valence-electron chi connectivity index (χ4n) is 2.65. The molecule has 2 aromatic carbocycles. The van der Waals surface area contributed by atoms with Crippen LogP contribution in [-0.2, 0) is 11.4 Å². The van der Waals surface area contributed by atoms with Crippen LogP contribution in [0.2, 0.25) is 0 Å². The molecule has 0 aliphatic heterocycles. The van der Waals surface area contributed by atoms with Crippen molar-refractivity contribution in [1.29, 1.82) is 0 Å². The van der Waals surface area contributed by atoms with Crippen molar-refractivity contribution in [3.8, 4) is 5.75 Å². The van der Waals surface area contributed by atoms with Gasteiger partial charge >= 0.3 is 0 Å². The van der Waals surface area contributed by atoms with E-state index >= 15 is 0 Å². The van der Waals surface area contributed by atoms with E-state index in [0.29, 0.717) is 18.0 Å². The first-order valence-corrected chi connectivity index (χ1v) is 7.99. The van der Waals surface area contributed by atoms with Gasteiger partial charge < -0.3 is 14.1 Å². The summed E-state index contributed by atoms with van der Waals surface area (Å²) in [5.74, 6) is 0.868. The SMILES string of the molecule is CO/N=C(/c1ccon1)c1ccccc1COc1ccc(C)cc1C. The van der Waals surface area contributed by atoms with E-state index in [1.807, 2.05) is 43.3 Å². The minimum Gasteiger partial charge on any atom is -0.489 e. The van der Waals surface area contributed by atoms with Crippen molar-refractivity contribution in [3.05, 3.63) is 82.7 Å². The Kier molecular flexibility index (Phi) is 5.14. The lowest BCUT2D eigenvalue weighted by Crippen LogP contribution is -2.10. The van der Waals surface area contributed by atoms with Crippen LogP contribution < -0.4 is 4.74 Å². The molecule has 0 saturated carbocycles. The second-order valence-corrected chi connectivity index (χ2v) is 5.72. The molecule has 3 aromatic rings. The number of aromatic nitrogens is 1. The van der Waals surface area contributed by atoms with Crippen LogP contribution in [0.4, 0.5) is 0 Å². The average molecular weight is 336 g/mol. The quantitative estimate of drug-likeness (QED) is 0.498. The molecule has 0 fully saturated rings. The summed E-state index contributed by atoms with van der Waals surface area (Å²) in [7, 11) is 1.51. The Labute approximate surface area is 146 Å². The molecule has 0 unspecified atom stereocenters. The molecule has 0 saturated heterocycles. The van der Waals surface area contributed by atoms with Gasteiger partial charge in [-0.25, -0.2) is 0 Å². The Balaban J connectivity index is 1.89. The van der Waals surface area contributed by atoms with E-state index in [1.165, 1.54) is 18.9 Å². The molecule has 0 aliphatic carbocycles. The first-order chi connectivity index (χ1) is 12.2. The molecule has 5 nitrogen and oxygen atoms in total. The number of hydrogen-bond donors (Lipinski definition) is 0. The summed E-state index contributed by atoms with van der Waals surface area (Å²) in [6.45, 7) is 4.53. The van der Waals surface area contributed by atoms with Crippen LogP contribution in [0.1, 0.15) is 27.9 Å². The van der Waals surface area contributed by atoms with Crippen molar-refractivity contribution in [2.75, 3.05) is 7.11 Å². The predicted octanol–water partition coefficient (Wildman–Crippen LogP) is 4.27. The largest absolute Gasteiger partial charge is 0.489 e. The summed E-state index contributed by atoms with van der Waals surface area (Å²) in [4.78, 5) is 5.00. The van der Waals surface area contributed by atoms with Crippen LogP contribution in [0.5, 0.6) is 5.75 Å². The standard InChI is InChI=1S/C20H20N2O3/c1-14-8-9-19(15(2)12-14)24-13-16-6-4-5-7-17(16)20(22-23-3)18-10-11-25-21-18/h4-12H,13H2,1-3H3/b22-20+. The normalized spacial score (nSPS) is 11.4. The maximum Gasteiger partial charge on any atom is 0.139 e. The van der Waals surface area contributed by atoms with E-state index in [9.17, 15) is 0 Å². The van der Waals surface area contributed by atoms with Crippen LogP contribution in [0.25, 0.3) is 0 Å². The van der Waals surface area contributed by atoms with Gasteiger partial charge in [0.2, 0.25) is 0 Å². The van der Waals surface area contributed by atoms with E-state index in [0.717, 1.165) is 22.4 Å². The molecule has 3 rings (SSSR count). The summed E-state index contributed by atoms with van der Waals surface area (Å²) in [6, 6.07) is 15.8. The second kappa shape index (κ2) is 7.66. The first kappa shape index (κ1) is 16.8. The van der Waals surface area contributed by atoms with Gasteiger partial charge in [-0.05, 0) is 31.0 Å². The summed E-state index contributed by atoms with van der Waals surface area (Å²) in [5.41, 5.74) is 5.42. The Morgan fingerprint density at radius 3 is 2.68 bits per heavy atom. The van der Waals surface area contributed by atoms with Crippen LogP contribution in [0, 0.1) is 13.8 Å². The molecule has 5 heteroatoms. The molecular weight excluding hydrogens is 316 g/mol. The van der Waals surface area contributed by atoms with Crippen LogP contribution >= 0.6 is 0 Å². The van der Waals surface area contributed by atoms with Gasteiger partial charge in [0.15, 0.2) is 0 Å². The minimum absolute atomic E-state index is 0.417. The summed E-state index contributed by atoms with van der Waals surface area (Å²) >= 11 is 0. The molecule has 1 aromatic heterocycles. The zero-order valence-corrected chi connectivity index (χ0v) is 14.5. The smallest absolute Gasteiger partial charge is 0.139 e. The molecule has 0 radical (unpaired) electrons. The number of aryl methyl sites for hydroxylation is 2. The average Bonchev–Trinajstić information content (AvgIpc) is 3.14. The summed E-state index contributed by atoms with van der Waals surface area (Å²) < 4.78 is 11.0. The van der Waals surface area contributed by atoms with E-state index in [4.69, 9.17) is 14.1 Å². The number of hydrogen-bond acceptors (Lipinski definition) is 5. The van der Waals surface area contributed by atoms with Gasteiger partial charge in [-0.2, -0.15) is 0 Å². The van der Waals surface area contributed by atoms with E-state index in [2.05, 4.69) is 23.3 Å². The fraction of sp³-hybridized carbons (Fsp3) is 0.200. The molecule has 1 heterocycles. The molecule has 0 N–H and O–H groups in total. The molecule has 0 amide bonds. The number of ether oxygens (including phenoxy) is 1. The van der Waals surface area contributed by atoms with Gasteiger partial charge in [-0.3, -0.25) is 0 Å². The van der Waals surface area contributed by atoms with Gasteiger partial charge in [-0.1, -0.05) is 52.3 Å².